The minimum atomic E-state index is 0.432. The Hall–Kier alpha value is -1.12. The predicted octanol–water partition coefficient (Wildman–Crippen LogP) is 3.38. The molecule has 3 heteroatoms. The van der Waals surface area contributed by atoms with E-state index >= 15 is 0 Å². The smallest absolute Gasteiger partial charge is 0.133 e. The minimum absolute atomic E-state index is 0.432. The highest BCUT2D eigenvalue weighted by atomic mass is 14.9. The third-order valence-corrected chi connectivity index (χ3v) is 4.01. The Morgan fingerprint density at radius 3 is 2.35 bits per heavy atom. The summed E-state index contributed by atoms with van der Waals surface area (Å²) in [5.41, 5.74) is 6.14. The fourth-order valence-corrected chi connectivity index (χ4v) is 2.80. The van der Waals surface area contributed by atoms with E-state index in [4.69, 9.17) is 5.73 Å². The Morgan fingerprint density at radius 1 is 1.18 bits per heavy atom. The molecule has 0 saturated heterocycles. The Kier molecular flexibility index (Phi) is 3.36. The molecule has 1 saturated carbocycles. The molecule has 1 aromatic heterocycles. The molecule has 1 fully saturated rings. The molecule has 0 aromatic carbocycles. The normalized spacial score (nSPS) is 25.8. The molecule has 0 atom stereocenters. The molecule has 17 heavy (non-hydrogen) atoms. The van der Waals surface area contributed by atoms with Gasteiger partial charge in [-0.15, -0.1) is 0 Å². The molecular weight excluding hydrogens is 210 g/mol. The quantitative estimate of drug-likeness (QED) is 0.809. The maximum absolute atomic E-state index is 5.71. The number of hydrogen-bond donors (Lipinski definition) is 1. The molecule has 94 valence electrons. The molecule has 0 aliphatic heterocycles. The number of nitrogens with two attached hydrogens (primary N) is 1. The minimum Gasteiger partial charge on any atom is -0.384 e. The first-order valence-electron chi connectivity index (χ1n) is 6.55. The Morgan fingerprint density at radius 2 is 1.82 bits per heavy atom. The van der Waals surface area contributed by atoms with Crippen LogP contribution in [0.25, 0.3) is 0 Å². The van der Waals surface area contributed by atoms with E-state index in [1.54, 1.807) is 12.3 Å². The van der Waals surface area contributed by atoms with Crippen molar-refractivity contribution in [3.8, 4) is 0 Å². The van der Waals surface area contributed by atoms with Crippen LogP contribution in [0.15, 0.2) is 12.3 Å². The lowest BCUT2D eigenvalue weighted by Crippen LogP contribution is -2.25. The van der Waals surface area contributed by atoms with Crippen molar-refractivity contribution in [2.75, 3.05) is 5.73 Å². The number of hydrogen-bond acceptors (Lipinski definition) is 3. The van der Waals surface area contributed by atoms with Gasteiger partial charge in [0.1, 0.15) is 11.6 Å². The molecule has 0 bridgehead atoms. The van der Waals surface area contributed by atoms with Crippen LogP contribution in [0.1, 0.15) is 58.2 Å². The van der Waals surface area contributed by atoms with E-state index in [2.05, 4.69) is 30.7 Å². The van der Waals surface area contributed by atoms with Gasteiger partial charge in [0.15, 0.2) is 0 Å². The standard InChI is InChI=1S/C14H23N3/c1-14(2,3)11-6-4-10(5-7-11)13-16-9-8-12(15)17-13/h8-11H,4-7H2,1-3H3,(H2,15,16,17). The Labute approximate surface area is 104 Å². The Bertz CT molecular complexity index is 373. The van der Waals surface area contributed by atoms with Crippen molar-refractivity contribution < 1.29 is 0 Å². The van der Waals surface area contributed by atoms with Crippen LogP contribution in [-0.4, -0.2) is 9.97 Å². The molecule has 0 radical (unpaired) electrons. The van der Waals surface area contributed by atoms with Crippen molar-refractivity contribution in [1.82, 2.24) is 9.97 Å². The predicted molar refractivity (Wildman–Crippen MR) is 70.6 cm³/mol. The van der Waals surface area contributed by atoms with Crippen LogP contribution >= 0.6 is 0 Å². The Balaban J connectivity index is 2.00. The van der Waals surface area contributed by atoms with Crippen molar-refractivity contribution in [3.63, 3.8) is 0 Å². The second-order valence-electron chi connectivity index (χ2n) is 6.25. The van der Waals surface area contributed by atoms with Crippen molar-refractivity contribution in [3.05, 3.63) is 18.1 Å². The van der Waals surface area contributed by atoms with E-state index in [0.717, 1.165) is 11.7 Å². The van der Waals surface area contributed by atoms with Gasteiger partial charge < -0.3 is 5.73 Å². The topological polar surface area (TPSA) is 51.8 Å². The molecule has 1 aliphatic carbocycles. The maximum atomic E-state index is 5.71. The fraction of sp³-hybridized carbons (Fsp3) is 0.714. The van der Waals surface area contributed by atoms with Crippen LogP contribution in [-0.2, 0) is 0 Å². The summed E-state index contributed by atoms with van der Waals surface area (Å²) in [7, 11) is 0. The van der Waals surface area contributed by atoms with E-state index in [9.17, 15) is 0 Å². The van der Waals surface area contributed by atoms with Crippen molar-refractivity contribution >= 4 is 5.82 Å². The van der Waals surface area contributed by atoms with Gasteiger partial charge in [-0.1, -0.05) is 20.8 Å². The van der Waals surface area contributed by atoms with Gasteiger partial charge in [0, 0.05) is 12.1 Å². The SMILES string of the molecule is CC(C)(C)C1CCC(c2nccc(N)n2)CC1. The average molecular weight is 233 g/mol. The van der Waals surface area contributed by atoms with Crippen LogP contribution in [0.4, 0.5) is 5.82 Å². The van der Waals surface area contributed by atoms with Gasteiger partial charge in [-0.25, -0.2) is 9.97 Å². The first kappa shape index (κ1) is 12.3. The maximum Gasteiger partial charge on any atom is 0.133 e. The third kappa shape index (κ3) is 2.96. The highest BCUT2D eigenvalue weighted by Gasteiger charge is 2.31. The van der Waals surface area contributed by atoms with E-state index in [1.165, 1.54) is 25.7 Å². The van der Waals surface area contributed by atoms with Crippen LogP contribution < -0.4 is 5.73 Å². The monoisotopic (exact) mass is 233 g/mol. The summed E-state index contributed by atoms with van der Waals surface area (Å²) in [6.45, 7) is 7.03. The second kappa shape index (κ2) is 4.63. The molecule has 0 unspecified atom stereocenters. The molecule has 0 amide bonds. The summed E-state index contributed by atoms with van der Waals surface area (Å²) in [5, 5.41) is 0. The lowest BCUT2D eigenvalue weighted by molar-refractivity contribution is 0.167. The highest BCUT2D eigenvalue weighted by Crippen LogP contribution is 2.42. The molecule has 2 rings (SSSR count). The zero-order chi connectivity index (χ0) is 12.5. The summed E-state index contributed by atoms with van der Waals surface area (Å²) in [4.78, 5) is 8.71. The fourth-order valence-electron chi connectivity index (χ4n) is 2.80. The summed E-state index contributed by atoms with van der Waals surface area (Å²) >= 11 is 0. The van der Waals surface area contributed by atoms with Crippen LogP contribution in [0, 0.1) is 11.3 Å². The summed E-state index contributed by atoms with van der Waals surface area (Å²) < 4.78 is 0. The lowest BCUT2D eigenvalue weighted by Gasteiger charge is -2.36. The summed E-state index contributed by atoms with van der Waals surface area (Å²) in [6.07, 6.45) is 6.74. The molecule has 1 heterocycles. The van der Waals surface area contributed by atoms with Gasteiger partial charge in [0.05, 0.1) is 0 Å². The van der Waals surface area contributed by atoms with Crippen molar-refractivity contribution in [1.29, 1.82) is 0 Å². The van der Waals surface area contributed by atoms with Gasteiger partial charge in [-0.3, -0.25) is 0 Å². The third-order valence-electron chi connectivity index (χ3n) is 4.01. The zero-order valence-corrected chi connectivity index (χ0v) is 11.1. The lowest BCUT2D eigenvalue weighted by atomic mass is 9.70. The van der Waals surface area contributed by atoms with Crippen molar-refractivity contribution in [2.24, 2.45) is 11.3 Å². The average Bonchev–Trinajstić information content (AvgIpc) is 2.28. The molecule has 1 aliphatic rings. The van der Waals surface area contributed by atoms with Crippen LogP contribution in [0.2, 0.25) is 0 Å². The first-order chi connectivity index (χ1) is 7.97. The first-order valence-corrected chi connectivity index (χ1v) is 6.55. The molecular formula is C14H23N3. The van der Waals surface area contributed by atoms with Crippen LogP contribution in [0.3, 0.4) is 0 Å². The number of aromatic nitrogens is 2. The number of anilines is 1. The summed E-state index contributed by atoms with van der Waals surface area (Å²) in [6, 6.07) is 1.75. The molecule has 1 aromatic rings. The van der Waals surface area contributed by atoms with Crippen LogP contribution in [0.5, 0.6) is 0 Å². The summed E-state index contributed by atoms with van der Waals surface area (Å²) in [5.74, 6) is 2.88. The molecule has 0 spiro atoms. The second-order valence-corrected chi connectivity index (χ2v) is 6.25. The van der Waals surface area contributed by atoms with E-state index < -0.39 is 0 Å². The highest BCUT2D eigenvalue weighted by molar-refractivity contribution is 5.26. The van der Waals surface area contributed by atoms with Gasteiger partial charge in [-0.05, 0) is 43.1 Å². The zero-order valence-electron chi connectivity index (χ0n) is 11.1. The van der Waals surface area contributed by atoms with Crippen molar-refractivity contribution in [2.45, 2.75) is 52.4 Å². The van der Waals surface area contributed by atoms with Gasteiger partial charge in [0.25, 0.3) is 0 Å². The van der Waals surface area contributed by atoms with E-state index in [-0.39, 0.29) is 0 Å². The van der Waals surface area contributed by atoms with Gasteiger partial charge >= 0.3 is 0 Å². The van der Waals surface area contributed by atoms with E-state index in [0.29, 0.717) is 17.2 Å². The van der Waals surface area contributed by atoms with Gasteiger partial charge in [0.2, 0.25) is 0 Å². The number of nitrogens with zero attached hydrogens (tertiary/aromatic N) is 2. The number of nitrogen functional groups attached to an aromatic ring is 1. The largest absolute Gasteiger partial charge is 0.384 e. The van der Waals surface area contributed by atoms with Gasteiger partial charge in [-0.2, -0.15) is 0 Å². The number of rotatable bonds is 1. The van der Waals surface area contributed by atoms with E-state index in [1.807, 2.05) is 0 Å². The molecule has 2 N–H and O–H groups in total. The molecule has 3 nitrogen and oxygen atoms in total.